The number of hydrogen-bond acceptors (Lipinski definition) is 3. The maximum Gasteiger partial charge on any atom is 0.303 e. The minimum atomic E-state index is -0.898. The van der Waals surface area contributed by atoms with E-state index in [9.17, 15) is 14.7 Å². The van der Waals surface area contributed by atoms with Crippen molar-refractivity contribution >= 4 is 11.9 Å². The number of allylic oxidation sites excluding steroid dienone is 1. The first kappa shape index (κ1) is 28.2. The van der Waals surface area contributed by atoms with Crippen LogP contribution in [0.1, 0.15) is 112 Å². The van der Waals surface area contributed by atoms with Crippen molar-refractivity contribution in [3.63, 3.8) is 0 Å². The first-order chi connectivity index (χ1) is 17.7. The van der Waals surface area contributed by atoms with E-state index < -0.39 is 5.97 Å². The molecule has 1 amide bonds. The Hall–Kier alpha value is -1.36. The van der Waals surface area contributed by atoms with Crippen molar-refractivity contribution in [3.8, 4) is 0 Å². The van der Waals surface area contributed by atoms with Crippen molar-refractivity contribution in [3.05, 3.63) is 12.2 Å². The van der Waals surface area contributed by atoms with E-state index in [0.29, 0.717) is 36.2 Å². The van der Waals surface area contributed by atoms with E-state index in [2.05, 4.69) is 48.1 Å². The van der Waals surface area contributed by atoms with E-state index >= 15 is 0 Å². The Morgan fingerprint density at radius 2 is 1.58 bits per heavy atom. The van der Waals surface area contributed by atoms with Crippen LogP contribution in [0.3, 0.4) is 0 Å². The summed E-state index contributed by atoms with van der Waals surface area (Å²) in [5.41, 5.74) is 1.81. The third kappa shape index (κ3) is 3.65. The fourth-order valence-corrected chi connectivity index (χ4v) is 12.1. The molecule has 5 rings (SSSR count). The van der Waals surface area contributed by atoms with Crippen LogP contribution in [0.2, 0.25) is 0 Å². The number of hydrogen-bond donors (Lipinski definition) is 2. The van der Waals surface area contributed by atoms with Crippen LogP contribution in [-0.2, 0) is 9.59 Å². The van der Waals surface area contributed by atoms with E-state index in [0.717, 1.165) is 32.2 Å². The Morgan fingerprint density at radius 3 is 2.21 bits per heavy atom. The maximum atomic E-state index is 13.2. The molecular formula is C33H53NO4. The Balaban J connectivity index is 1.46. The normalized spacial score (nSPS) is 47.3. The predicted octanol–water partition coefficient (Wildman–Crippen LogP) is 6.69. The molecule has 214 valence electrons. The second-order valence-corrected chi connectivity index (χ2v) is 15.5. The molecule has 1 aliphatic heterocycles. The number of aliphatic hydroxyl groups is 1. The summed E-state index contributed by atoms with van der Waals surface area (Å²) in [5, 5.41) is 19.9. The molecule has 0 aromatic rings. The van der Waals surface area contributed by atoms with Gasteiger partial charge in [0.25, 0.3) is 0 Å². The number of aliphatic carboxylic acids is 1. The summed E-state index contributed by atoms with van der Waals surface area (Å²) < 4.78 is 0. The number of carbonyl (C=O) groups is 2. The summed E-state index contributed by atoms with van der Waals surface area (Å²) in [6.07, 6.45) is 10.5. The Morgan fingerprint density at radius 1 is 0.868 bits per heavy atom. The van der Waals surface area contributed by atoms with Gasteiger partial charge in [0.15, 0.2) is 0 Å². The molecule has 9 atom stereocenters. The average Bonchev–Trinajstić information content (AvgIpc) is 3.23. The molecular weight excluding hydrogens is 474 g/mol. The predicted molar refractivity (Wildman–Crippen MR) is 150 cm³/mol. The van der Waals surface area contributed by atoms with Gasteiger partial charge in [-0.25, -0.2) is 0 Å². The lowest BCUT2D eigenvalue weighted by Gasteiger charge is -2.73. The minimum absolute atomic E-state index is 0.00292. The van der Waals surface area contributed by atoms with Crippen LogP contribution in [0.4, 0.5) is 0 Å². The lowest BCUT2D eigenvalue weighted by atomic mass is 9.33. The molecule has 0 spiro atoms. The Bertz CT molecular complexity index is 1000. The fourth-order valence-electron chi connectivity index (χ4n) is 12.1. The van der Waals surface area contributed by atoms with Crippen LogP contribution in [0, 0.1) is 51.2 Å². The third-order valence-corrected chi connectivity index (χ3v) is 14.1. The second kappa shape index (κ2) is 9.08. The third-order valence-electron chi connectivity index (χ3n) is 14.1. The van der Waals surface area contributed by atoms with Gasteiger partial charge >= 0.3 is 5.97 Å². The van der Waals surface area contributed by atoms with Gasteiger partial charge in [-0.15, -0.1) is 0 Å². The summed E-state index contributed by atoms with van der Waals surface area (Å²) in [7, 11) is 0. The van der Waals surface area contributed by atoms with Crippen LogP contribution >= 0.6 is 0 Å². The van der Waals surface area contributed by atoms with Crippen LogP contribution < -0.4 is 0 Å². The average molecular weight is 528 g/mol. The summed E-state index contributed by atoms with van der Waals surface area (Å²) >= 11 is 0. The number of rotatable bonds is 5. The van der Waals surface area contributed by atoms with E-state index in [1.165, 1.54) is 37.7 Å². The quantitative estimate of drug-likeness (QED) is 0.390. The zero-order valence-electron chi connectivity index (χ0n) is 24.9. The SMILES string of the molecule is C=C(C)[C@@H]1CC[C@]2(CO)CC[C@]3(C)[C@H](CC[C@@H]4[C@@]5(C)CCN(C(=O)CCC(=O)O)C(C)(C)C5CC[C@]43C)[C@@H]12. The summed E-state index contributed by atoms with van der Waals surface area (Å²) in [6.45, 7) is 20.0. The van der Waals surface area contributed by atoms with Crippen LogP contribution in [-0.4, -0.2) is 45.7 Å². The zero-order valence-corrected chi connectivity index (χ0v) is 24.9. The van der Waals surface area contributed by atoms with Gasteiger partial charge in [0.2, 0.25) is 5.91 Å². The number of nitrogens with zero attached hydrogens (tertiary/aromatic N) is 1. The number of likely N-dealkylation sites (tertiary alicyclic amines) is 1. The van der Waals surface area contributed by atoms with Crippen LogP contribution in [0.15, 0.2) is 12.2 Å². The molecule has 0 bridgehead atoms. The standard InChI is InChI=1S/C33H53NO4/c1-21(2)22-12-15-33(20-35)17-16-31(6)23(28(22)33)8-9-25-30(5)18-19-34(26(36)10-11-27(37)38)29(3,4)24(30)13-14-32(25,31)7/h22-25,28,35H,1,8-20H2,2-7H3,(H,37,38)/t22-,23+,24?,25+,28+,30-,31+,32+,33+/m0/s1. The molecule has 1 unspecified atom stereocenters. The Labute approximate surface area is 230 Å². The number of aliphatic hydroxyl groups excluding tert-OH is 1. The molecule has 0 aromatic carbocycles. The van der Waals surface area contributed by atoms with E-state index in [-0.39, 0.29) is 45.9 Å². The summed E-state index contributed by atoms with van der Waals surface area (Å²) in [5.74, 6) is 1.88. The zero-order chi connectivity index (χ0) is 27.9. The number of fused-ring (bicyclic) bond motifs is 7. The van der Waals surface area contributed by atoms with Gasteiger partial charge in [-0.3, -0.25) is 9.59 Å². The highest BCUT2D eigenvalue weighted by molar-refractivity contribution is 5.81. The van der Waals surface area contributed by atoms with Crippen molar-refractivity contribution in [1.82, 2.24) is 4.90 Å². The van der Waals surface area contributed by atoms with Gasteiger partial charge in [0.05, 0.1) is 6.42 Å². The lowest BCUT2D eigenvalue weighted by Crippen LogP contribution is -2.70. The van der Waals surface area contributed by atoms with Gasteiger partial charge < -0.3 is 15.1 Å². The lowest BCUT2D eigenvalue weighted by molar-refractivity contribution is -0.243. The number of amides is 1. The smallest absolute Gasteiger partial charge is 0.303 e. The highest BCUT2D eigenvalue weighted by Gasteiger charge is 2.70. The van der Waals surface area contributed by atoms with E-state index in [1.54, 1.807) is 0 Å². The highest BCUT2D eigenvalue weighted by Crippen LogP contribution is 2.76. The summed E-state index contributed by atoms with van der Waals surface area (Å²) in [4.78, 5) is 26.3. The molecule has 0 aromatic heterocycles. The molecule has 0 radical (unpaired) electrons. The molecule has 5 fully saturated rings. The first-order valence-corrected chi connectivity index (χ1v) is 15.5. The molecule has 4 aliphatic carbocycles. The fraction of sp³-hybridized carbons (Fsp3) is 0.879. The van der Waals surface area contributed by atoms with Crippen molar-refractivity contribution in [2.24, 2.45) is 51.2 Å². The van der Waals surface area contributed by atoms with Crippen molar-refractivity contribution in [2.75, 3.05) is 13.2 Å². The van der Waals surface area contributed by atoms with Crippen LogP contribution in [0.5, 0.6) is 0 Å². The largest absolute Gasteiger partial charge is 0.481 e. The number of carbonyl (C=O) groups excluding carboxylic acids is 1. The summed E-state index contributed by atoms with van der Waals surface area (Å²) in [6, 6.07) is 0. The van der Waals surface area contributed by atoms with Gasteiger partial charge in [0.1, 0.15) is 0 Å². The molecule has 38 heavy (non-hydrogen) atoms. The van der Waals surface area contributed by atoms with Gasteiger partial charge in [-0.05, 0) is 130 Å². The monoisotopic (exact) mass is 527 g/mol. The minimum Gasteiger partial charge on any atom is -0.481 e. The number of carboxylic acid groups (broad SMARTS) is 1. The first-order valence-electron chi connectivity index (χ1n) is 15.5. The molecule has 5 heteroatoms. The van der Waals surface area contributed by atoms with Gasteiger partial charge in [0, 0.05) is 25.1 Å². The molecule has 5 nitrogen and oxygen atoms in total. The van der Waals surface area contributed by atoms with Crippen molar-refractivity contribution in [2.45, 2.75) is 118 Å². The number of piperidine rings is 1. The van der Waals surface area contributed by atoms with Crippen molar-refractivity contribution in [1.29, 1.82) is 0 Å². The number of carboxylic acids is 1. The van der Waals surface area contributed by atoms with E-state index in [4.69, 9.17) is 5.11 Å². The molecule has 2 N–H and O–H groups in total. The van der Waals surface area contributed by atoms with Crippen molar-refractivity contribution < 1.29 is 19.8 Å². The molecule has 1 saturated heterocycles. The molecule has 4 saturated carbocycles. The topological polar surface area (TPSA) is 77.8 Å². The van der Waals surface area contributed by atoms with E-state index in [1.807, 2.05) is 4.90 Å². The second-order valence-electron chi connectivity index (χ2n) is 15.5. The Kier molecular flexibility index (Phi) is 6.73. The van der Waals surface area contributed by atoms with Gasteiger partial charge in [-0.2, -0.15) is 0 Å². The highest BCUT2D eigenvalue weighted by atomic mass is 16.4. The maximum absolute atomic E-state index is 13.2. The molecule has 1 heterocycles. The van der Waals surface area contributed by atoms with Gasteiger partial charge in [-0.1, -0.05) is 32.9 Å². The van der Waals surface area contributed by atoms with Crippen LogP contribution in [0.25, 0.3) is 0 Å². The molecule has 5 aliphatic rings.